The zero-order valence-corrected chi connectivity index (χ0v) is 9.66. The Bertz CT molecular complexity index is 272. The Morgan fingerprint density at radius 2 is 2.00 bits per heavy atom. The third kappa shape index (κ3) is 4.18. The van der Waals surface area contributed by atoms with Gasteiger partial charge in [-0.3, -0.25) is 9.59 Å². The van der Waals surface area contributed by atoms with Crippen LogP contribution in [0.3, 0.4) is 0 Å². The number of hydrogen-bond acceptors (Lipinski definition) is 3. The molecule has 1 saturated carbocycles. The molecule has 1 amide bonds. The van der Waals surface area contributed by atoms with E-state index in [1.807, 2.05) is 0 Å². The van der Waals surface area contributed by atoms with Gasteiger partial charge in [0.1, 0.15) is 0 Å². The van der Waals surface area contributed by atoms with Crippen LogP contribution in [-0.2, 0) is 9.59 Å². The lowest BCUT2D eigenvalue weighted by molar-refractivity contribution is -0.137. The summed E-state index contributed by atoms with van der Waals surface area (Å²) in [4.78, 5) is 22.0. The van der Waals surface area contributed by atoms with Crippen molar-refractivity contribution in [2.24, 2.45) is 5.73 Å². The Balaban J connectivity index is 2.32. The maximum Gasteiger partial charge on any atom is 0.305 e. The van der Waals surface area contributed by atoms with Crippen molar-refractivity contribution in [3.8, 4) is 0 Å². The summed E-state index contributed by atoms with van der Waals surface area (Å²) in [5.41, 5.74) is 5.69. The van der Waals surface area contributed by atoms with E-state index in [-0.39, 0.29) is 23.9 Å². The Kier molecular flexibility index (Phi) is 4.29. The summed E-state index contributed by atoms with van der Waals surface area (Å²) in [6.45, 7) is 1.68. The van der Waals surface area contributed by atoms with Crippen molar-refractivity contribution in [3.05, 3.63) is 0 Å². The first kappa shape index (κ1) is 13.0. The average molecular weight is 228 g/mol. The van der Waals surface area contributed by atoms with Gasteiger partial charge in [-0.05, 0) is 19.8 Å². The van der Waals surface area contributed by atoms with E-state index in [4.69, 9.17) is 10.8 Å². The first-order chi connectivity index (χ1) is 7.41. The molecule has 0 radical (unpaired) electrons. The SMILES string of the molecule is CC(CC(=O)O)NC(=O)CC1(N)CCCC1. The largest absolute Gasteiger partial charge is 0.481 e. The molecule has 0 spiro atoms. The lowest BCUT2D eigenvalue weighted by Crippen LogP contribution is -2.44. The normalized spacial score (nSPS) is 20.4. The molecule has 1 aliphatic rings. The summed E-state index contributed by atoms with van der Waals surface area (Å²) >= 11 is 0. The van der Waals surface area contributed by atoms with E-state index >= 15 is 0 Å². The second-order valence-corrected chi connectivity index (χ2v) is 4.81. The highest BCUT2D eigenvalue weighted by atomic mass is 16.4. The number of nitrogens with one attached hydrogen (secondary N) is 1. The fraction of sp³-hybridized carbons (Fsp3) is 0.818. The predicted octanol–water partition coefficient (Wildman–Crippen LogP) is 0.627. The van der Waals surface area contributed by atoms with E-state index < -0.39 is 5.97 Å². The molecule has 0 heterocycles. The van der Waals surface area contributed by atoms with Gasteiger partial charge in [-0.1, -0.05) is 12.8 Å². The van der Waals surface area contributed by atoms with Crippen LogP contribution in [-0.4, -0.2) is 28.6 Å². The van der Waals surface area contributed by atoms with E-state index in [0.717, 1.165) is 25.7 Å². The number of aliphatic carboxylic acids is 1. The van der Waals surface area contributed by atoms with E-state index in [0.29, 0.717) is 6.42 Å². The molecule has 0 saturated heterocycles. The molecule has 1 unspecified atom stereocenters. The highest BCUT2D eigenvalue weighted by molar-refractivity contribution is 5.78. The zero-order chi connectivity index (χ0) is 12.2. The lowest BCUT2D eigenvalue weighted by atomic mass is 9.94. The molecule has 92 valence electrons. The van der Waals surface area contributed by atoms with Gasteiger partial charge < -0.3 is 16.2 Å². The Labute approximate surface area is 95.4 Å². The second-order valence-electron chi connectivity index (χ2n) is 4.81. The zero-order valence-electron chi connectivity index (χ0n) is 9.66. The van der Waals surface area contributed by atoms with Crippen LogP contribution in [0.2, 0.25) is 0 Å². The first-order valence-corrected chi connectivity index (χ1v) is 5.71. The molecular formula is C11H20N2O3. The van der Waals surface area contributed by atoms with Gasteiger partial charge in [0.2, 0.25) is 5.91 Å². The van der Waals surface area contributed by atoms with E-state index in [9.17, 15) is 9.59 Å². The fourth-order valence-corrected chi connectivity index (χ4v) is 2.21. The van der Waals surface area contributed by atoms with Crippen molar-refractivity contribution in [3.63, 3.8) is 0 Å². The van der Waals surface area contributed by atoms with Crippen molar-refractivity contribution in [2.75, 3.05) is 0 Å². The van der Waals surface area contributed by atoms with Crippen LogP contribution in [0.5, 0.6) is 0 Å². The summed E-state index contributed by atoms with van der Waals surface area (Å²) in [7, 11) is 0. The summed E-state index contributed by atoms with van der Waals surface area (Å²) in [6, 6.07) is -0.338. The molecular weight excluding hydrogens is 208 g/mol. The molecule has 5 heteroatoms. The van der Waals surface area contributed by atoms with Crippen LogP contribution in [0, 0.1) is 0 Å². The van der Waals surface area contributed by atoms with Gasteiger partial charge in [0.15, 0.2) is 0 Å². The van der Waals surface area contributed by atoms with Crippen molar-refractivity contribution in [1.82, 2.24) is 5.32 Å². The molecule has 1 fully saturated rings. The van der Waals surface area contributed by atoms with Crippen molar-refractivity contribution in [2.45, 2.75) is 57.0 Å². The number of nitrogens with two attached hydrogens (primary N) is 1. The minimum Gasteiger partial charge on any atom is -0.481 e. The minimum atomic E-state index is -0.906. The van der Waals surface area contributed by atoms with Crippen molar-refractivity contribution in [1.29, 1.82) is 0 Å². The number of rotatable bonds is 5. The van der Waals surface area contributed by atoms with Gasteiger partial charge in [0.05, 0.1) is 6.42 Å². The maximum absolute atomic E-state index is 11.6. The molecule has 0 aliphatic heterocycles. The molecule has 0 aromatic heterocycles. The third-order valence-corrected chi connectivity index (χ3v) is 3.00. The summed E-state index contributed by atoms with van der Waals surface area (Å²) in [5, 5.41) is 11.2. The van der Waals surface area contributed by atoms with Gasteiger partial charge in [0, 0.05) is 18.0 Å². The monoisotopic (exact) mass is 228 g/mol. The number of carbonyl (C=O) groups is 2. The van der Waals surface area contributed by atoms with Crippen LogP contribution in [0.4, 0.5) is 0 Å². The smallest absolute Gasteiger partial charge is 0.305 e. The van der Waals surface area contributed by atoms with Gasteiger partial charge >= 0.3 is 5.97 Å². The third-order valence-electron chi connectivity index (χ3n) is 3.00. The molecule has 4 N–H and O–H groups in total. The quantitative estimate of drug-likeness (QED) is 0.643. The Morgan fingerprint density at radius 1 is 1.44 bits per heavy atom. The highest BCUT2D eigenvalue weighted by Gasteiger charge is 2.31. The molecule has 0 aromatic carbocycles. The van der Waals surface area contributed by atoms with Crippen LogP contribution in [0.1, 0.15) is 45.4 Å². The molecule has 0 bridgehead atoms. The number of amides is 1. The maximum atomic E-state index is 11.6. The molecule has 1 rings (SSSR count). The van der Waals surface area contributed by atoms with Gasteiger partial charge in [0.25, 0.3) is 0 Å². The van der Waals surface area contributed by atoms with E-state index in [1.54, 1.807) is 6.92 Å². The van der Waals surface area contributed by atoms with Crippen LogP contribution in [0.15, 0.2) is 0 Å². The molecule has 1 aliphatic carbocycles. The first-order valence-electron chi connectivity index (χ1n) is 5.71. The number of hydrogen-bond donors (Lipinski definition) is 3. The molecule has 1 atom stereocenters. The second kappa shape index (κ2) is 5.30. The minimum absolute atomic E-state index is 0.0523. The van der Waals surface area contributed by atoms with Gasteiger partial charge in [-0.25, -0.2) is 0 Å². The Morgan fingerprint density at radius 3 is 2.50 bits per heavy atom. The average Bonchev–Trinajstić information content (AvgIpc) is 2.48. The van der Waals surface area contributed by atoms with Gasteiger partial charge in [-0.2, -0.15) is 0 Å². The summed E-state index contributed by atoms with van der Waals surface area (Å²) < 4.78 is 0. The fourth-order valence-electron chi connectivity index (χ4n) is 2.21. The molecule has 16 heavy (non-hydrogen) atoms. The standard InChI is InChI=1S/C11H20N2O3/c1-8(6-10(15)16)13-9(14)7-11(12)4-2-3-5-11/h8H,2-7,12H2,1H3,(H,13,14)(H,15,16). The van der Waals surface area contributed by atoms with Crippen LogP contribution < -0.4 is 11.1 Å². The lowest BCUT2D eigenvalue weighted by Gasteiger charge is -2.23. The highest BCUT2D eigenvalue weighted by Crippen LogP contribution is 2.29. The molecule has 5 nitrogen and oxygen atoms in total. The number of carboxylic acids is 1. The van der Waals surface area contributed by atoms with E-state index in [1.165, 1.54) is 0 Å². The van der Waals surface area contributed by atoms with Crippen LogP contribution >= 0.6 is 0 Å². The predicted molar refractivity (Wildman–Crippen MR) is 59.9 cm³/mol. The van der Waals surface area contributed by atoms with Crippen molar-refractivity contribution >= 4 is 11.9 Å². The Hall–Kier alpha value is -1.10. The number of carbonyl (C=O) groups excluding carboxylic acids is 1. The van der Waals surface area contributed by atoms with Gasteiger partial charge in [-0.15, -0.1) is 0 Å². The number of carboxylic acid groups (broad SMARTS) is 1. The summed E-state index contributed by atoms with van der Waals surface area (Å²) in [6.07, 6.45) is 4.17. The van der Waals surface area contributed by atoms with Crippen LogP contribution in [0.25, 0.3) is 0 Å². The topological polar surface area (TPSA) is 92.4 Å². The summed E-state index contributed by atoms with van der Waals surface area (Å²) in [5.74, 6) is -1.05. The molecule has 0 aromatic rings. The van der Waals surface area contributed by atoms with Crippen molar-refractivity contribution < 1.29 is 14.7 Å². The van der Waals surface area contributed by atoms with E-state index in [2.05, 4.69) is 5.32 Å².